The lowest BCUT2D eigenvalue weighted by atomic mass is 10.1. The van der Waals surface area contributed by atoms with Gasteiger partial charge in [0.15, 0.2) is 0 Å². The average Bonchev–Trinajstić information content (AvgIpc) is 2.59. The third kappa shape index (κ3) is 4.21. The summed E-state index contributed by atoms with van der Waals surface area (Å²) in [5.41, 5.74) is 0.641. The smallest absolute Gasteiger partial charge is 0.306 e. The van der Waals surface area contributed by atoms with Gasteiger partial charge in [0, 0.05) is 38.3 Å². The van der Waals surface area contributed by atoms with E-state index >= 15 is 0 Å². The van der Waals surface area contributed by atoms with Gasteiger partial charge in [0.2, 0.25) is 0 Å². The second kappa shape index (κ2) is 7.79. The highest BCUT2D eigenvalue weighted by molar-refractivity contribution is 5.94. The Bertz CT molecular complexity index is 525. The van der Waals surface area contributed by atoms with Crippen LogP contribution in [0.4, 0.5) is 0 Å². The maximum absolute atomic E-state index is 12.5. The molecule has 1 fully saturated rings. The second-order valence-corrected chi connectivity index (χ2v) is 5.19. The van der Waals surface area contributed by atoms with Gasteiger partial charge in [-0.1, -0.05) is 6.07 Å². The second-order valence-electron chi connectivity index (χ2n) is 5.19. The summed E-state index contributed by atoms with van der Waals surface area (Å²) in [6, 6.07) is 7.20. The van der Waals surface area contributed by atoms with Crippen LogP contribution in [0.15, 0.2) is 24.3 Å². The molecule has 0 saturated carbocycles. The van der Waals surface area contributed by atoms with Gasteiger partial charge in [-0.25, -0.2) is 0 Å². The largest absolute Gasteiger partial charge is 0.497 e. The van der Waals surface area contributed by atoms with Crippen molar-refractivity contribution in [2.45, 2.75) is 6.42 Å². The Morgan fingerprint density at radius 3 is 2.50 bits per heavy atom. The SMILES string of the molecule is COC(=O)CCN1CCN(C(=O)c2cccc(OC)c2)CC1. The highest BCUT2D eigenvalue weighted by Crippen LogP contribution is 2.15. The zero-order chi connectivity index (χ0) is 15.9. The number of hydrogen-bond donors (Lipinski definition) is 0. The lowest BCUT2D eigenvalue weighted by Gasteiger charge is -2.34. The Balaban J connectivity index is 1.85. The minimum atomic E-state index is -0.199. The summed E-state index contributed by atoms with van der Waals surface area (Å²) < 4.78 is 9.79. The first-order valence-corrected chi connectivity index (χ1v) is 7.36. The molecular weight excluding hydrogens is 284 g/mol. The maximum atomic E-state index is 12.5. The fourth-order valence-corrected chi connectivity index (χ4v) is 2.46. The third-order valence-corrected chi connectivity index (χ3v) is 3.84. The monoisotopic (exact) mass is 306 g/mol. The number of piperazine rings is 1. The molecule has 0 atom stereocenters. The van der Waals surface area contributed by atoms with Crippen molar-refractivity contribution in [3.8, 4) is 5.75 Å². The number of ether oxygens (including phenoxy) is 2. The van der Waals surface area contributed by atoms with E-state index in [4.69, 9.17) is 4.74 Å². The fraction of sp³-hybridized carbons (Fsp3) is 0.500. The van der Waals surface area contributed by atoms with Crippen LogP contribution in [0.3, 0.4) is 0 Å². The summed E-state index contributed by atoms with van der Waals surface area (Å²) in [5.74, 6) is 0.504. The predicted octanol–water partition coefficient (Wildman–Crippen LogP) is 1.02. The summed E-state index contributed by atoms with van der Waals surface area (Å²) in [7, 11) is 2.98. The van der Waals surface area contributed by atoms with Gasteiger partial charge in [-0.05, 0) is 18.2 Å². The number of nitrogens with zero attached hydrogens (tertiary/aromatic N) is 2. The normalized spacial score (nSPS) is 15.5. The zero-order valence-corrected chi connectivity index (χ0v) is 13.1. The zero-order valence-electron chi connectivity index (χ0n) is 13.1. The molecule has 1 aromatic rings. The molecule has 1 amide bonds. The summed E-state index contributed by atoms with van der Waals surface area (Å²) in [6.07, 6.45) is 0.389. The van der Waals surface area contributed by atoms with E-state index in [0.717, 1.165) is 13.1 Å². The van der Waals surface area contributed by atoms with Crippen LogP contribution < -0.4 is 4.74 Å². The summed E-state index contributed by atoms with van der Waals surface area (Å²) in [6.45, 7) is 3.54. The van der Waals surface area contributed by atoms with Crippen molar-refractivity contribution < 1.29 is 19.1 Å². The first-order valence-electron chi connectivity index (χ1n) is 7.36. The molecule has 1 aliphatic rings. The van der Waals surface area contributed by atoms with E-state index in [-0.39, 0.29) is 11.9 Å². The van der Waals surface area contributed by atoms with Crippen LogP contribution >= 0.6 is 0 Å². The van der Waals surface area contributed by atoms with Crippen LogP contribution in [0.2, 0.25) is 0 Å². The number of carbonyl (C=O) groups excluding carboxylic acids is 2. The molecular formula is C16H22N2O4. The first kappa shape index (κ1) is 16.3. The first-order chi connectivity index (χ1) is 10.6. The van der Waals surface area contributed by atoms with Gasteiger partial charge < -0.3 is 14.4 Å². The van der Waals surface area contributed by atoms with Crippen LogP contribution in [-0.4, -0.2) is 68.6 Å². The number of benzene rings is 1. The molecule has 0 radical (unpaired) electrons. The Labute approximate surface area is 130 Å². The Morgan fingerprint density at radius 1 is 1.14 bits per heavy atom. The molecule has 22 heavy (non-hydrogen) atoms. The van der Waals surface area contributed by atoms with Crippen molar-refractivity contribution in [1.29, 1.82) is 0 Å². The van der Waals surface area contributed by atoms with E-state index in [9.17, 15) is 9.59 Å². The third-order valence-electron chi connectivity index (χ3n) is 3.84. The van der Waals surface area contributed by atoms with Crippen LogP contribution in [-0.2, 0) is 9.53 Å². The number of rotatable bonds is 5. The summed E-state index contributed by atoms with van der Waals surface area (Å²) in [4.78, 5) is 27.6. The van der Waals surface area contributed by atoms with E-state index < -0.39 is 0 Å². The molecule has 0 bridgehead atoms. The molecule has 0 aliphatic carbocycles. The summed E-state index contributed by atoms with van der Waals surface area (Å²) in [5, 5.41) is 0. The van der Waals surface area contributed by atoms with E-state index in [1.54, 1.807) is 19.2 Å². The summed E-state index contributed by atoms with van der Waals surface area (Å²) >= 11 is 0. The van der Waals surface area contributed by atoms with Crippen molar-refractivity contribution in [1.82, 2.24) is 9.80 Å². The van der Waals surface area contributed by atoms with Gasteiger partial charge in [0.1, 0.15) is 5.75 Å². The van der Waals surface area contributed by atoms with Crippen molar-refractivity contribution in [2.24, 2.45) is 0 Å². The van der Waals surface area contributed by atoms with Crippen LogP contribution in [0.5, 0.6) is 5.75 Å². The Hall–Kier alpha value is -2.08. The minimum Gasteiger partial charge on any atom is -0.497 e. The molecule has 6 nitrogen and oxygen atoms in total. The lowest BCUT2D eigenvalue weighted by molar-refractivity contribution is -0.141. The molecule has 0 N–H and O–H groups in total. The minimum absolute atomic E-state index is 0.0199. The topological polar surface area (TPSA) is 59.1 Å². The molecule has 6 heteroatoms. The molecule has 120 valence electrons. The number of esters is 1. The fourth-order valence-electron chi connectivity index (χ4n) is 2.46. The standard InChI is InChI=1S/C16H22N2O4/c1-21-14-5-3-4-13(12-14)16(20)18-10-8-17(9-11-18)7-6-15(19)22-2/h3-5,12H,6-11H2,1-2H3. The van der Waals surface area contributed by atoms with Crippen LogP contribution in [0, 0.1) is 0 Å². The quantitative estimate of drug-likeness (QED) is 0.760. The van der Waals surface area contributed by atoms with E-state index in [1.807, 2.05) is 17.0 Å². The van der Waals surface area contributed by atoms with Crippen molar-refractivity contribution >= 4 is 11.9 Å². The molecule has 0 spiro atoms. The maximum Gasteiger partial charge on any atom is 0.306 e. The average molecular weight is 306 g/mol. The number of amides is 1. The number of hydrogen-bond acceptors (Lipinski definition) is 5. The Kier molecular flexibility index (Phi) is 5.77. The molecule has 1 saturated heterocycles. The van der Waals surface area contributed by atoms with E-state index in [0.29, 0.717) is 37.4 Å². The van der Waals surface area contributed by atoms with Gasteiger partial charge >= 0.3 is 5.97 Å². The Morgan fingerprint density at radius 2 is 1.86 bits per heavy atom. The van der Waals surface area contributed by atoms with E-state index in [1.165, 1.54) is 7.11 Å². The van der Waals surface area contributed by atoms with Gasteiger partial charge in [0.25, 0.3) is 5.91 Å². The molecule has 1 aromatic carbocycles. The van der Waals surface area contributed by atoms with Gasteiger partial charge in [-0.3, -0.25) is 14.5 Å². The number of methoxy groups -OCH3 is 2. The van der Waals surface area contributed by atoms with Crippen LogP contribution in [0.25, 0.3) is 0 Å². The van der Waals surface area contributed by atoms with E-state index in [2.05, 4.69) is 9.64 Å². The molecule has 0 aromatic heterocycles. The molecule has 1 heterocycles. The van der Waals surface area contributed by atoms with Crippen molar-refractivity contribution in [3.05, 3.63) is 29.8 Å². The number of carbonyl (C=O) groups is 2. The highest BCUT2D eigenvalue weighted by atomic mass is 16.5. The van der Waals surface area contributed by atoms with Gasteiger partial charge in [0.05, 0.1) is 20.6 Å². The van der Waals surface area contributed by atoms with Crippen molar-refractivity contribution in [3.63, 3.8) is 0 Å². The molecule has 1 aliphatic heterocycles. The van der Waals surface area contributed by atoms with Gasteiger partial charge in [-0.15, -0.1) is 0 Å². The lowest BCUT2D eigenvalue weighted by Crippen LogP contribution is -2.49. The van der Waals surface area contributed by atoms with Crippen LogP contribution in [0.1, 0.15) is 16.8 Å². The molecule has 2 rings (SSSR count). The molecule has 0 unspecified atom stereocenters. The van der Waals surface area contributed by atoms with Gasteiger partial charge in [-0.2, -0.15) is 0 Å². The predicted molar refractivity (Wildman–Crippen MR) is 82.0 cm³/mol. The van der Waals surface area contributed by atoms with Crippen molar-refractivity contribution in [2.75, 3.05) is 46.9 Å². The highest BCUT2D eigenvalue weighted by Gasteiger charge is 2.22.